The largest absolute Gasteiger partial charge is 0.492 e. The van der Waals surface area contributed by atoms with Crippen LogP contribution in [-0.2, 0) is 4.74 Å². The molecule has 0 aliphatic rings. The fourth-order valence-electron chi connectivity index (χ4n) is 1.63. The van der Waals surface area contributed by atoms with E-state index in [1.54, 1.807) is 19.5 Å². The van der Waals surface area contributed by atoms with Crippen LogP contribution in [0.15, 0.2) is 18.5 Å². The zero-order valence-corrected chi connectivity index (χ0v) is 10.7. The molecular weight excluding hydrogens is 218 g/mol. The molecule has 0 spiro atoms. The first-order valence-corrected chi connectivity index (χ1v) is 6.01. The minimum absolute atomic E-state index is 0.210. The Bertz CT molecular complexity index is 326. The molecule has 17 heavy (non-hydrogen) atoms. The van der Waals surface area contributed by atoms with E-state index >= 15 is 0 Å². The molecule has 1 rings (SSSR count). The van der Waals surface area contributed by atoms with Gasteiger partial charge in [0.2, 0.25) is 0 Å². The van der Waals surface area contributed by atoms with Gasteiger partial charge in [-0.25, -0.2) is 0 Å². The molecule has 0 fully saturated rings. The maximum absolute atomic E-state index is 10.1. The van der Waals surface area contributed by atoms with Crippen LogP contribution in [0.2, 0.25) is 0 Å². The SMILES string of the molecule is CCCOc1cncc(C(O)C(CC)OC)c1. The Morgan fingerprint density at radius 2 is 2.12 bits per heavy atom. The number of hydrogen-bond donors (Lipinski definition) is 1. The second kappa shape index (κ2) is 7.25. The lowest BCUT2D eigenvalue weighted by molar-refractivity contribution is -0.0151. The van der Waals surface area contributed by atoms with E-state index in [-0.39, 0.29) is 6.10 Å². The van der Waals surface area contributed by atoms with Gasteiger partial charge in [-0.3, -0.25) is 4.98 Å². The first-order chi connectivity index (χ1) is 8.22. The van der Waals surface area contributed by atoms with E-state index in [0.29, 0.717) is 12.4 Å². The van der Waals surface area contributed by atoms with Gasteiger partial charge in [-0.15, -0.1) is 0 Å². The number of aliphatic hydroxyl groups excluding tert-OH is 1. The van der Waals surface area contributed by atoms with Crippen LogP contribution in [0.5, 0.6) is 5.75 Å². The molecule has 1 N–H and O–H groups in total. The van der Waals surface area contributed by atoms with Gasteiger partial charge in [-0.1, -0.05) is 13.8 Å². The number of rotatable bonds is 7. The summed E-state index contributed by atoms with van der Waals surface area (Å²) in [6.45, 7) is 4.68. The maximum Gasteiger partial charge on any atom is 0.137 e. The zero-order valence-electron chi connectivity index (χ0n) is 10.7. The number of nitrogens with zero attached hydrogens (tertiary/aromatic N) is 1. The van der Waals surface area contributed by atoms with Gasteiger partial charge in [-0.05, 0) is 18.9 Å². The van der Waals surface area contributed by atoms with Crippen molar-refractivity contribution in [2.24, 2.45) is 0 Å². The van der Waals surface area contributed by atoms with Crippen molar-refractivity contribution in [3.63, 3.8) is 0 Å². The van der Waals surface area contributed by atoms with E-state index in [0.717, 1.165) is 18.4 Å². The number of methoxy groups -OCH3 is 1. The lowest BCUT2D eigenvalue weighted by atomic mass is 10.0. The molecule has 0 amide bonds. The number of pyridine rings is 1. The highest BCUT2D eigenvalue weighted by atomic mass is 16.5. The fourth-order valence-corrected chi connectivity index (χ4v) is 1.63. The molecule has 4 heteroatoms. The zero-order chi connectivity index (χ0) is 12.7. The third kappa shape index (κ3) is 3.98. The topological polar surface area (TPSA) is 51.6 Å². The molecule has 2 unspecified atom stereocenters. The highest BCUT2D eigenvalue weighted by Gasteiger charge is 2.19. The number of aliphatic hydroxyl groups is 1. The molecule has 0 radical (unpaired) electrons. The van der Waals surface area contributed by atoms with E-state index in [4.69, 9.17) is 9.47 Å². The van der Waals surface area contributed by atoms with Crippen LogP contribution in [0, 0.1) is 0 Å². The Balaban J connectivity index is 2.75. The van der Waals surface area contributed by atoms with Crippen molar-refractivity contribution in [1.82, 2.24) is 4.98 Å². The lowest BCUT2D eigenvalue weighted by Crippen LogP contribution is -2.20. The summed E-state index contributed by atoms with van der Waals surface area (Å²) >= 11 is 0. The van der Waals surface area contributed by atoms with Gasteiger partial charge in [0.05, 0.1) is 18.9 Å². The van der Waals surface area contributed by atoms with Gasteiger partial charge < -0.3 is 14.6 Å². The van der Waals surface area contributed by atoms with Crippen molar-refractivity contribution >= 4 is 0 Å². The van der Waals surface area contributed by atoms with Crippen LogP contribution >= 0.6 is 0 Å². The normalized spacial score (nSPS) is 14.4. The van der Waals surface area contributed by atoms with Gasteiger partial charge in [0, 0.05) is 18.9 Å². The smallest absolute Gasteiger partial charge is 0.137 e. The minimum atomic E-state index is -0.664. The number of ether oxygens (including phenoxy) is 2. The van der Waals surface area contributed by atoms with Crippen LogP contribution in [0.4, 0.5) is 0 Å². The van der Waals surface area contributed by atoms with Crippen molar-refractivity contribution in [1.29, 1.82) is 0 Å². The monoisotopic (exact) mass is 239 g/mol. The molecule has 96 valence electrons. The molecule has 1 aromatic heterocycles. The minimum Gasteiger partial charge on any atom is -0.492 e. The summed E-state index contributed by atoms with van der Waals surface area (Å²) in [6, 6.07) is 1.81. The van der Waals surface area contributed by atoms with Crippen molar-refractivity contribution in [3.8, 4) is 5.75 Å². The molecular formula is C13H21NO3. The summed E-state index contributed by atoms with van der Waals surface area (Å²) in [6.07, 6.45) is 4.12. The van der Waals surface area contributed by atoms with Crippen molar-refractivity contribution in [2.75, 3.05) is 13.7 Å². The van der Waals surface area contributed by atoms with Gasteiger partial charge in [0.15, 0.2) is 0 Å². The summed E-state index contributed by atoms with van der Waals surface area (Å²) in [7, 11) is 1.60. The summed E-state index contributed by atoms with van der Waals surface area (Å²) in [4.78, 5) is 4.07. The summed E-state index contributed by atoms with van der Waals surface area (Å²) < 4.78 is 10.7. The molecule has 1 heterocycles. The van der Waals surface area contributed by atoms with Gasteiger partial charge >= 0.3 is 0 Å². The van der Waals surface area contributed by atoms with E-state index < -0.39 is 6.10 Å². The summed E-state index contributed by atoms with van der Waals surface area (Å²) in [5.41, 5.74) is 0.729. The second-order valence-corrected chi connectivity index (χ2v) is 3.93. The average Bonchev–Trinajstić information content (AvgIpc) is 2.38. The van der Waals surface area contributed by atoms with Crippen LogP contribution < -0.4 is 4.74 Å². The highest BCUT2D eigenvalue weighted by Crippen LogP contribution is 2.23. The molecule has 0 aromatic carbocycles. The van der Waals surface area contributed by atoms with E-state index in [1.807, 2.05) is 19.9 Å². The fraction of sp³-hybridized carbons (Fsp3) is 0.615. The molecule has 4 nitrogen and oxygen atoms in total. The maximum atomic E-state index is 10.1. The molecule has 2 atom stereocenters. The lowest BCUT2D eigenvalue weighted by Gasteiger charge is -2.20. The average molecular weight is 239 g/mol. The third-order valence-corrected chi connectivity index (χ3v) is 2.61. The van der Waals surface area contributed by atoms with Crippen LogP contribution in [0.1, 0.15) is 38.4 Å². The molecule has 0 saturated carbocycles. The summed E-state index contributed by atoms with van der Waals surface area (Å²) in [5, 5.41) is 10.1. The molecule has 0 saturated heterocycles. The molecule has 0 aliphatic carbocycles. The Morgan fingerprint density at radius 1 is 1.35 bits per heavy atom. The highest BCUT2D eigenvalue weighted by molar-refractivity contribution is 5.25. The number of hydrogen-bond acceptors (Lipinski definition) is 4. The van der Waals surface area contributed by atoms with Crippen LogP contribution in [-0.4, -0.2) is 29.9 Å². The van der Waals surface area contributed by atoms with Gasteiger partial charge in [-0.2, -0.15) is 0 Å². The predicted octanol–water partition coefficient (Wildman–Crippen LogP) is 2.33. The first-order valence-electron chi connectivity index (χ1n) is 6.01. The van der Waals surface area contributed by atoms with Crippen molar-refractivity contribution in [2.45, 2.75) is 38.9 Å². The van der Waals surface area contributed by atoms with Gasteiger partial charge in [0.1, 0.15) is 11.9 Å². The van der Waals surface area contributed by atoms with E-state index in [9.17, 15) is 5.11 Å². The van der Waals surface area contributed by atoms with Crippen LogP contribution in [0.3, 0.4) is 0 Å². The first kappa shape index (κ1) is 13.9. The van der Waals surface area contributed by atoms with Crippen LogP contribution in [0.25, 0.3) is 0 Å². The van der Waals surface area contributed by atoms with E-state index in [2.05, 4.69) is 4.98 Å². The second-order valence-electron chi connectivity index (χ2n) is 3.93. The predicted molar refractivity (Wildman–Crippen MR) is 66.1 cm³/mol. The Morgan fingerprint density at radius 3 is 2.71 bits per heavy atom. The molecule has 0 aliphatic heterocycles. The molecule has 0 bridgehead atoms. The van der Waals surface area contributed by atoms with Gasteiger partial charge in [0.25, 0.3) is 0 Å². The Kier molecular flexibility index (Phi) is 5.94. The quantitative estimate of drug-likeness (QED) is 0.793. The standard InChI is InChI=1S/C13H21NO3/c1-4-6-17-11-7-10(8-14-9-11)13(15)12(5-2)16-3/h7-9,12-13,15H,4-6H2,1-3H3. The Hall–Kier alpha value is -1.13. The molecule has 1 aromatic rings. The van der Waals surface area contributed by atoms with Crippen molar-refractivity contribution in [3.05, 3.63) is 24.0 Å². The third-order valence-electron chi connectivity index (χ3n) is 2.61. The van der Waals surface area contributed by atoms with Crippen molar-refractivity contribution < 1.29 is 14.6 Å². The Labute approximate surface area is 103 Å². The van der Waals surface area contributed by atoms with E-state index in [1.165, 1.54) is 0 Å². The summed E-state index contributed by atoms with van der Waals surface area (Å²) in [5.74, 6) is 0.689. The number of aromatic nitrogens is 1.